The van der Waals surface area contributed by atoms with Crippen LogP contribution in [0, 0.1) is 5.82 Å². The van der Waals surface area contributed by atoms with E-state index in [0.717, 1.165) is 11.8 Å². The zero-order valence-electron chi connectivity index (χ0n) is 13.0. The molecule has 23 heavy (non-hydrogen) atoms. The summed E-state index contributed by atoms with van der Waals surface area (Å²) in [5.41, 5.74) is 0.753. The van der Waals surface area contributed by atoms with Crippen LogP contribution in [-0.4, -0.2) is 50.9 Å². The van der Waals surface area contributed by atoms with Crippen LogP contribution in [0.3, 0.4) is 0 Å². The van der Waals surface area contributed by atoms with Gasteiger partial charge in [-0.25, -0.2) is 12.8 Å². The summed E-state index contributed by atoms with van der Waals surface area (Å²) in [5.74, 6) is -0.401. The molecule has 5 nitrogen and oxygen atoms in total. The van der Waals surface area contributed by atoms with Gasteiger partial charge in [0.25, 0.3) is 0 Å². The van der Waals surface area contributed by atoms with E-state index in [1.54, 1.807) is 17.0 Å². The number of benzene rings is 1. The van der Waals surface area contributed by atoms with Crippen LogP contribution in [-0.2, 0) is 14.6 Å². The van der Waals surface area contributed by atoms with E-state index in [4.69, 9.17) is 0 Å². The summed E-state index contributed by atoms with van der Waals surface area (Å²) in [5, 5.41) is 3.21. The van der Waals surface area contributed by atoms with Gasteiger partial charge in [0.05, 0.1) is 11.8 Å². The summed E-state index contributed by atoms with van der Waals surface area (Å²) < 4.78 is 35.7. The van der Waals surface area contributed by atoms with E-state index in [-0.39, 0.29) is 42.3 Å². The number of carbonyl (C=O) groups excluding carboxylic acids is 1. The maximum Gasteiger partial charge on any atom is 0.223 e. The lowest BCUT2D eigenvalue weighted by molar-refractivity contribution is -0.134. The molecular formula is C15H22ClFN2O3S. The number of sulfone groups is 1. The van der Waals surface area contributed by atoms with Gasteiger partial charge in [-0.15, -0.1) is 12.4 Å². The third-order valence-corrected chi connectivity index (χ3v) is 4.73. The van der Waals surface area contributed by atoms with Gasteiger partial charge >= 0.3 is 0 Å². The Hall–Kier alpha value is -1.18. The number of piperazine rings is 1. The molecule has 1 heterocycles. The summed E-state index contributed by atoms with van der Waals surface area (Å²) in [6.45, 7) is 1.80. The first kappa shape index (κ1) is 19.9. The van der Waals surface area contributed by atoms with Crippen LogP contribution in [0.2, 0.25) is 0 Å². The smallest absolute Gasteiger partial charge is 0.223 e. The van der Waals surface area contributed by atoms with E-state index in [9.17, 15) is 17.6 Å². The zero-order chi connectivity index (χ0) is 16.2. The Bertz CT molecular complexity index is 639. The fourth-order valence-electron chi connectivity index (χ4n) is 2.64. The summed E-state index contributed by atoms with van der Waals surface area (Å²) in [6.07, 6.45) is 1.67. The summed E-state index contributed by atoms with van der Waals surface area (Å²) in [4.78, 5) is 14.1. The number of carbonyl (C=O) groups is 1. The lowest BCUT2D eigenvalue weighted by Gasteiger charge is -2.36. The number of hydrogen-bond acceptors (Lipinski definition) is 4. The normalized spacial score (nSPS) is 18.3. The largest absolute Gasteiger partial charge is 0.333 e. The molecule has 0 saturated carbocycles. The average molecular weight is 365 g/mol. The van der Waals surface area contributed by atoms with E-state index < -0.39 is 9.84 Å². The number of rotatable bonds is 5. The first-order valence-electron chi connectivity index (χ1n) is 7.30. The predicted octanol–water partition coefficient (Wildman–Crippen LogP) is 1.55. The quantitative estimate of drug-likeness (QED) is 0.860. The highest BCUT2D eigenvalue weighted by atomic mass is 35.5. The molecule has 0 spiro atoms. The molecule has 0 bridgehead atoms. The van der Waals surface area contributed by atoms with Crippen molar-refractivity contribution >= 4 is 28.2 Å². The molecule has 1 amide bonds. The summed E-state index contributed by atoms with van der Waals surface area (Å²) in [7, 11) is -3.05. The lowest BCUT2D eigenvalue weighted by atomic mass is 10.0. The van der Waals surface area contributed by atoms with Gasteiger partial charge in [0.15, 0.2) is 0 Å². The number of amides is 1. The van der Waals surface area contributed by atoms with E-state index >= 15 is 0 Å². The lowest BCUT2D eigenvalue weighted by Crippen LogP contribution is -2.48. The van der Waals surface area contributed by atoms with Crippen LogP contribution >= 0.6 is 12.4 Å². The van der Waals surface area contributed by atoms with Crippen molar-refractivity contribution < 1.29 is 17.6 Å². The van der Waals surface area contributed by atoms with E-state index in [0.29, 0.717) is 26.1 Å². The summed E-state index contributed by atoms with van der Waals surface area (Å²) >= 11 is 0. The second-order valence-corrected chi connectivity index (χ2v) is 7.86. The van der Waals surface area contributed by atoms with Crippen LogP contribution in [0.25, 0.3) is 0 Å². The van der Waals surface area contributed by atoms with Crippen molar-refractivity contribution in [1.29, 1.82) is 0 Å². The molecule has 2 rings (SSSR count). The molecule has 1 atom stereocenters. The molecule has 1 fully saturated rings. The maximum atomic E-state index is 13.4. The summed E-state index contributed by atoms with van der Waals surface area (Å²) in [6, 6.07) is 6.03. The minimum atomic E-state index is -3.05. The molecule has 0 aliphatic carbocycles. The van der Waals surface area contributed by atoms with Crippen molar-refractivity contribution in [3.05, 3.63) is 35.6 Å². The van der Waals surface area contributed by atoms with Gasteiger partial charge in [0.1, 0.15) is 15.7 Å². The first-order valence-corrected chi connectivity index (χ1v) is 9.36. The molecule has 1 aromatic rings. The number of halogens is 2. The van der Waals surface area contributed by atoms with Crippen molar-refractivity contribution in [3.63, 3.8) is 0 Å². The molecule has 1 saturated heterocycles. The Labute approximate surface area is 142 Å². The molecule has 0 radical (unpaired) electrons. The average Bonchev–Trinajstić information content (AvgIpc) is 2.46. The van der Waals surface area contributed by atoms with Crippen LogP contribution < -0.4 is 5.32 Å². The van der Waals surface area contributed by atoms with Crippen molar-refractivity contribution in [1.82, 2.24) is 10.2 Å². The molecule has 1 aromatic carbocycles. The number of nitrogens with one attached hydrogen (secondary N) is 1. The van der Waals surface area contributed by atoms with Crippen LogP contribution in [0.15, 0.2) is 24.3 Å². The SMILES string of the molecule is CS(=O)(=O)CCCC(=O)N1CCNCC1c1cccc(F)c1.Cl. The van der Waals surface area contributed by atoms with Gasteiger partial charge < -0.3 is 10.2 Å². The molecular weight excluding hydrogens is 343 g/mol. The number of nitrogens with zero attached hydrogens (tertiary/aromatic N) is 1. The van der Waals surface area contributed by atoms with E-state index in [2.05, 4.69) is 5.32 Å². The van der Waals surface area contributed by atoms with Gasteiger partial charge in [-0.3, -0.25) is 4.79 Å². The minimum Gasteiger partial charge on any atom is -0.333 e. The molecule has 1 unspecified atom stereocenters. The van der Waals surface area contributed by atoms with E-state index in [1.165, 1.54) is 12.1 Å². The molecule has 1 aliphatic rings. The van der Waals surface area contributed by atoms with Crippen LogP contribution in [0.5, 0.6) is 0 Å². The highest BCUT2D eigenvalue weighted by Gasteiger charge is 2.27. The predicted molar refractivity (Wildman–Crippen MR) is 89.9 cm³/mol. The molecule has 8 heteroatoms. The standard InChI is InChI=1S/C15H21FN2O3S.ClH/c1-22(20,21)9-3-6-15(19)18-8-7-17-11-14(18)12-4-2-5-13(16)10-12;/h2,4-5,10,14,17H,3,6-9,11H2,1H3;1H. The highest BCUT2D eigenvalue weighted by Crippen LogP contribution is 2.23. The van der Waals surface area contributed by atoms with Gasteiger partial charge in [-0.1, -0.05) is 12.1 Å². The highest BCUT2D eigenvalue weighted by molar-refractivity contribution is 7.90. The van der Waals surface area contributed by atoms with Crippen LogP contribution in [0.1, 0.15) is 24.4 Å². The van der Waals surface area contributed by atoms with Crippen molar-refractivity contribution in [2.45, 2.75) is 18.9 Å². The van der Waals surface area contributed by atoms with Gasteiger partial charge in [0.2, 0.25) is 5.91 Å². The van der Waals surface area contributed by atoms with Crippen molar-refractivity contribution in [3.8, 4) is 0 Å². The number of hydrogen-bond donors (Lipinski definition) is 1. The molecule has 0 aromatic heterocycles. The van der Waals surface area contributed by atoms with Gasteiger partial charge in [-0.2, -0.15) is 0 Å². The van der Waals surface area contributed by atoms with Crippen LogP contribution in [0.4, 0.5) is 4.39 Å². The van der Waals surface area contributed by atoms with E-state index in [1.807, 2.05) is 0 Å². The Morgan fingerprint density at radius 1 is 1.43 bits per heavy atom. The second-order valence-electron chi connectivity index (χ2n) is 5.60. The minimum absolute atomic E-state index is 0. The van der Waals surface area contributed by atoms with Crippen molar-refractivity contribution in [2.75, 3.05) is 31.6 Å². The Morgan fingerprint density at radius 2 is 2.17 bits per heavy atom. The maximum absolute atomic E-state index is 13.4. The van der Waals surface area contributed by atoms with Crippen molar-refractivity contribution in [2.24, 2.45) is 0 Å². The molecule has 1 aliphatic heterocycles. The fraction of sp³-hybridized carbons (Fsp3) is 0.533. The van der Waals surface area contributed by atoms with Gasteiger partial charge in [-0.05, 0) is 24.1 Å². The third kappa shape index (κ3) is 6.08. The second kappa shape index (κ2) is 8.61. The molecule has 1 N–H and O–H groups in total. The third-order valence-electron chi connectivity index (χ3n) is 3.70. The first-order chi connectivity index (χ1) is 10.4. The Balaban J connectivity index is 0.00000264. The zero-order valence-corrected chi connectivity index (χ0v) is 14.6. The van der Waals surface area contributed by atoms with Gasteiger partial charge in [0, 0.05) is 32.3 Å². The Kier molecular flexibility index (Phi) is 7.44. The Morgan fingerprint density at radius 3 is 2.83 bits per heavy atom. The monoisotopic (exact) mass is 364 g/mol. The topological polar surface area (TPSA) is 66.5 Å². The molecule has 130 valence electrons. The fourth-order valence-corrected chi connectivity index (χ4v) is 3.31.